The van der Waals surface area contributed by atoms with Gasteiger partial charge in [-0.3, -0.25) is 4.90 Å². The molecule has 0 aromatic heterocycles. The second-order valence-corrected chi connectivity index (χ2v) is 5.32. The molecule has 0 aliphatic carbocycles. The van der Waals surface area contributed by atoms with Crippen molar-refractivity contribution in [3.8, 4) is 0 Å². The Bertz CT molecular complexity index is 317. The van der Waals surface area contributed by atoms with E-state index in [4.69, 9.17) is 4.74 Å². The van der Waals surface area contributed by atoms with E-state index in [0.29, 0.717) is 0 Å². The Hall–Kier alpha value is -0.950. The first-order chi connectivity index (χ1) is 8.06. The molecule has 7 heteroatoms. The Morgan fingerprint density at radius 3 is 2.56 bits per heavy atom. The molecule has 5 nitrogen and oxygen atoms in total. The zero-order valence-corrected chi connectivity index (χ0v) is 10.9. The molecular formula is C11H19F2NO4. The van der Waals surface area contributed by atoms with Gasteiger partial charge in [0.25, 0.3) is 0 Å². The van der Waals surface area contributed by atoms with E-state index in [0.717, 1.165) is 4.90 Å². The molecule has 0 aromatic carbocycles. The summed E-state index contributed by atoms with van der Waals surface area (Å²) in [5.41, 5.74) is -0.784. The van der Waals surface area contributed by atoms with Gasteiger partial charge in [0.15, 0.2) is 0 Å². The van der Waals surface area contributed by atoms with Gasteiger partial charge in [-0.05, 0) is 27.7 Å². The predicted molar refractivity (Wildman–Crippen MR) is 59.3 cm³/mol. The number of aliphatic hydroxyl groups is 1. The molecule has 0 spiro atoms. The third-order valence-corrected chi connectivity index (χ3v) is 2.47. The van der Waals surface area contributed by atoms with Crippen LogP contribution in [-0.4, -0.2) is 53.1 Å². The molecule has 0 radical (unpaired) electrons. The van der Waals surface area contributed by atoms with E-state index in [1.807, 2.05) is 0 Å². The van der Waals surface area contributed by atoms with E-state index in [9.17, 15) is 18.7 Å². The highest BCUT2D eigenvalue weighted by molar-refractivity contribution is 5.69. The number of nitrogens with zero attached hydrogens (tertiary/aromatic N) is 1. The fourth-order valence-electron chi connectivity index (χ4n) is 1.72. The molecular weight excluding hydrogens is 248 g/mol. The second-order valence-electron chi connectivity index (χ2n) is 5.32. The first kappa shape index (κ1) is 15.1. The molecule has 1 amide bonds. The third-order valence-electron chi connectivity index (χ3n) is 2.47. The van der Waals surface area contributed by atoms with Crippen molar-refractivity contribution in [1.82, 2.24) is 4.90 Å². The van der Waals surface area contributed by atoms with Crippen LogP contribution in [0.5, 0.6) is 0 Å². The van der Waals surface area contributed by atoms with Crippen LogP contribution < -0.4 is 0 Å². The fourth-order valence-corrected chi connectivity index (χ4v) is 1.72. The SMILES string of the molecule is C[C@@H]1OC(F)(F)CN(C(=O)OC(C)(C)C)[C@@H]1CO. The van der Waals surface area contributed by atoms with Crippen molar-refractivity contribution in [2.24, 2.45) is 0 Å². The summed E-state index contributed by atoms with van der Waals surface area (Å²) in [6, 6.07) is -0.834. The normalized spacial score (nSPS) is 28.1. The van der Waals surface area contributed by atoms with Crippen molar-refractivity contribution in [2.75, 3.05) is 13.2 Å². The highest BCUT2D eigenvalue weighted by Crippen LogP contribution is 2.29. The molecule has 0 saturated carbocycles. The summed E-state index contributed by atoms with van der Waals surface area (Å²) in [5.74, 6) is 0. The number of hydrogen-bond acceptors (Lipinski definition) is 4. The van der Waals surface area contributed by atoms with Gasteiger partial charge in [-0.15, -0.1) is 0 Å². The maximum atomic E-state index is 13.3. The Morgan fingerprint density at radius 2 is 2.11 bits per heavy atom. The van der Waals surface area contributed by atoms with Crippen LogP contribution in [0.25, 0.3) is 0 Å². The van der Waals surface area contributed by atoms with Crippen LogP contribution in [0.1, 0.15) is 27.7 Å². The number of carbonyl (C=O) groups is 1. The lowest BCUT2D eigenvalue weighted by atomic mass is 10.1. The fraction of sp³-hybridized carbons (Fsp3) is 0.909. The Kier molecular flexibility index (Phi) is 4.17. The smallest absolute Gasteiger partial charge is 0.411 e. The summed E-state index contributed by atoms with van der Waals surface area (Å²) < 4.78 is 36.0. The quantitative estimate of drug-likeness (QED) is 0.784. The van der Waals surface area contributed by atoms with Gasteiger partial charge >= 0.3 is 12.2 Å². The van der Waals surface area contributed by atoms with Gasteiger partial charge in [-0.2, -0.15) is 8.78 Å². The number of ether oxygens (including phenoxy) is 2. The lowest BCUT2D eigenvalue weighted by Crippen LogP contribution is -2.60. The van der Waals surface area contributed by atoms with Gasteiger partial charge in [-0.1, -0.05) is 0 Å². The van der Waals surface area contributed by atoms with E-state index in [-0.39, 0.29) is 0 Å². The van der Waals surface area contributed by atoms with Gasteiger partial charge in [0.1, 0.15) is 12.1 Å². The van der Waals surface area contributed by atoms with Gasteiger partial charge in [0.2, 0.25) is 0 Å². The molecule has 1 heterocycles. The molecule has 1 saturated heterocycles. The number of halogens is 2. The third kappa shape index (κ3) is 3.78. The minimum atomic E-state index is -3.43. The van der Waals surface area contributed by atoms with Gasteiger partial charge in [0.05, 0.1) is 18.8 Å². The van der Waals surface area contributed by atoms with Crippen molar-refractivity contribution >= 4 is 6.09 Å². The number of morpholine rings is 1. The van der Waals surface area contributed by atoms with Crippen LogP contribution in [0.3, 0.4) is 0 Å². The van der Waals surface area contributed by atoms with Crippen molar-refractivity contribution in [3.05, 3.63) is 0 Å². The highest BCUT2D eigenvalue weighted by Gasteiger charge is 2.48. The van der Waals surface area contributed by atoms with E-state index in [2.05, 4.69) is 4.74 Å². The molecule has 2 atom stereocenters. The minimum absolute atomic E-state index is 0.462. The maximum absolute atomic E-state index is 13.3. The number of aliphatic hydroxyl groups excluding tert-OH is 1. The molecule has 106 valence electrons. The zero-order chi connectivity index (χ0) is 14.1. The van der Waals surface area contributed by atoms with E-state index < -0.39 is 43.1 Å². The van der Waals surface area contributed by atoms with E-state index in [1.54, 1.807) is 20.8 Å². The molecule has 1 aliphatic rings. The maximum Gasteiger partial charge on any atom is 0.411 e. The van der Waals surface area contributed by atoms with Gasteiger partial charge < -0.3 is 14.6 Å². The van der Waals surface area contributed by atoms with Gasteiger partial charge in [-0.25, -0.2) is 4.79 Å². The molecule has 1 aliphatic heterocycles. The van der Waals surface area contributed by atoms with Crippen LogP contribution in [0.2, 0.25) is 0 Å². The summed E-state index contributed by atoms with van der Waals surface area (Å²) in [4.78, 5) is 12.6. The monoisotopic (exact) mass is 267 g/mol. The first-order valence-electron chi connectivity index (χ1n) is 5.72. The summed E-state index contributed by atoms with van der Waals surface area (Å²) in [7, 11) is 0. The van der Waals surface area contributed by atoms with Crippen LogP contribution in [0, 0.1) is 0 Å². The van der Waals surface area contributed by atoms with Gasteiger partial charge in [0, 0.05) is 0 Å². The molecule has 0 aromatic rings. The number of alkyl halides is 2. The van der Waals surface area contributed by atoms with Crippen molar-refractivity contribution in [1.29, 1.82) is 0 Å². The Morgan fingerprint density at radius 1 is 1.56 bits per heavy atom. The van der Waals surface area contributed by atoms with Crippen LogP contribution in [0.15, 0.2) is 0 Å². The second kappa shape index (κ2) is 4.97. The summed E-state index contributed by atoms with van der Waals surface area (Å²) in [6.45, 7) is 4.92. The number of carbonyl (C=O) groups excluding carboxylic acids is 1. The van der Waals surface area contributed by atoms with Crippen molar-refractivity contribution in [3.63, 3.8) is 0 Å². The lowest BCUT2D eigenvalue weighted by Gasteiger charge is -2.42. The molecule has 1 rings (SSSR count). The Labute approximate surface area is 105 Å². The number of hydrogen-bond donors (Lipinski definition) is 1. The molecule has 18 heavy (non-hydrogen) atoms. The first-order valence-corrected chi connectivity index (χ1v) is 5.72. The van der Waals surface area contributed by atoms with Crippen LogP contribution >= 0.6 is 0 Å². The average Bonchev–Trinajstić information content (AvgIpc) is 2.12. The summed E-state index contributed by atoms with van der Waals surface area (Å²) >= 11 is 0. The van der Waals surface area contributed by atoms with Crippen LogP contribution in [0.4, 0.5) is 13.6 Å². The highest BCUT2D eigenvalue weighted by atomic mass is 19.3. The van der Waals surface area contributed by atoms with Crippen molar-refractivity contribution < 1.29 is 28.2 Å². The largest absolute Gasteiger partial charge is 0.444 e. The van der Waals surface area contributed by atoms with Crippen molar-refractivity contribution in [2.45, 2.75) is 51.6 Å². The number of rotatable bonds is 1. The summed E-state index contributed by atoms with van der Waals surface area (Å²) in [6.07, 6.45) is -5.27. The molecule has 0 unspecified atom stereocenters. The minimum Gasteiger partial charge on any atom is -0.444 e. The van der Waals surface area contributed by atoms with E-state index in [1.165, 1.54) is 6.92 Å². The Balaban J connectivity index is 2.85. The predicted octanol–water partition coefficient (Wildman–Crippen LogP) is 1.60. The van der Waals surface area contributed by atoms with E-state index >= 15 is 0 Å². The van der Waals surface area contributed by atoms with Crippen LogP contribution in [-0.2, 0) is 9.47 Å². The molecule has 0 bridgehead atoms. The lowest BCUT2D eigenvalue weighted by molar-refractivity contribution is -0.303. The summed E-state index contributed by atoms with van der Waals surface area (Å²) in [5, 5.41) is 9.17. The molecule has 1 fully saturated rings. The standard InChI is InChI=1S/C11H19F2NO4/c1-7-8(5-15)14(6-11(12,13)17-7)9(16)18-10(2,3)4/h7-8,15H,5-6H2,1-4H3/t7-,8+/m0/s1. The topological polar surface area (TPSA) is 59.0 Å². The number of amides is 1. The zero-order valence-electron chi connectivity index (χ0n) is 10.9. The average molecular weight is 267 g/mol. The molecule has 1 N–H and O–H groups in total.